The Hall–Kier alpha value is -2.85. The first-order valence-electron chi connectivity index (χ1n) is 8.00. The van der Waals surface area contributed by atoms with Crippen LogP contribution in [0.4, 0.5) is 4.79 Å². The van der Waals surface area contributed by atoms with Gasteiger partial charge in [0, 0.05) is 6.92 Å². The average molecular weight is 393 g/mol. The molecule has 0 aliphatic carbocycles. The van der Waals surface area contributed by atoms with Gasteiger partial charge in [-0.25, -0.2) is 4.79 Å². The highest BCUT2D eigenvalue weighted by molar-refractivity contribution is 8.03. The van der Waals surface area contributed by atoms with Crippen molar-refractivity contribution in [1.82, 2.24) is 5.32 Å². The second-order valence-corrected chi connectivity index (χ2v) is 7.17. The Morgan fingerprint density at radius 1 is 1.26 bits per heavy atom. The number of nitrogens with one attached hydrogen (secondary N) is 1. The summed E-state index contributed by atoms with van der Waals surface area (Å²) in [4.78, 5) is 47.6. The van der Waals surface area contributed by atoms with Crippen LogP contribution in [0, 0.1) is 0 Å². The van der Waals surface area contributed by atoms with E-state index in [-0.39, 0.29) is 13.2 Å². The molecular weight excluding hydrogens is 376 g/mol. The van der Waals surface area contributed by atoms with E-state index in [2.05, 4.69) is 5.32 Å². The van der Waals surface area contributed by atoms with Crippen LogP contribution in [0.3, 0.4) is 0 Å². The second-order valence-electron chi connectivity index (χ2n) is 5.93. The van der Waals surface area contributed by atoms with E-state index in [1.54, 1.807) is 30.3 Å². The van der Waals surface area contributed by atoms with Crippen molar-refractivity contribution in [2.75, 3.05) is 13.2 Å². The summed E-state index contributed by atoms with van der Waals surface area (Å²) in [7, 11) is 0. The van der Waals surface area contributed by atoms with Crippen molar-refractivity contribution in [2.45, 2.75) is 18.3 Å². The number of amides is 3. The van der Waals surface area contributed by atoms with Crippen molar-refractivity contribution >= 4 is 35.6 Å². The number of hydrogen-bond donors (Lipinski definition) is 2. The van der Waals surface area contributed by atoms with Crippen molar-refractivity contribution in [3.8, 4) is 5.75 Å². The smallest absolute Gasteiger partial charge is 0.484 e. The van der Waals surface area contributed by atoms with Gasteiger partial charge in [0.15, 0.2) is 12.0 Å². The van der Waals surface area contributed by atoms with E-state index in [4.69, 9.17) is 9.47 Å². The van der Waals surface area contributed by atoms with Crippen LogP contribution in [0.1, 0.15) is 6.92 Å². The van der Waals surface area contributed by atoms with Gasteiger partial charge in [0.25, 0.3) is 5.91 Å². The summed E-state index contributed by atoms with van der Waals surface area (Å²) >= 11 is 1.10. The predicted octanol–water partition coefficient (Wildman–Crippen LogP) is 1.06. The maximum Gasteiger partial charge on any atom is 0.527 e. The monoisotopic (exact) mass is 393 g/mol. The van der Waals surface area contributed by atoms with Crippen LogP contribution >= 0.6 is 11.8 Å². The molecule has 1 fully saturated rings. The molecule has 0 radical (unpaired) electrons. The molecule has 27 heavy (non-hydrogen) atoms. The van der Waals surface area contributed by atoms with Crippen LogP contribution in [0.15, 0.2) is 41.4 Å². The summed E-state index contributed by atoms with van der Waals surface area (Å²) in [6, 6.07) is 7.73. The summed E-state index contributed by atoms with van der Waals surface area (Å²) < 4.78 is 9.26. The summed E-state index contributed by atoms with van der Waals surface area (Å²) in [5, 5.41) is 11.3. The van der Waals surface area contributed by atoms with Crippen LogP contribution in [0.2, 0.25) is 0 Å². The number of ether oxygens (including phenoxy) is 2. The molecular formula is C17H17N2O7S+. The zero-order valence-electron chi connectivity index (χ0n) is 14.3. The van der Waals surface area contributed by atoms with Crippen molar-refractivity contribution in [3.63, 3.8) is 0 Å². The number of quaternary nitrogens is 1. The number of fused-ring (bicyclic) bond motifs is 1. The van der Waals surface area contributed by atoms with Gasteiger partial charge >= 0.3 is 18.0 Å². The summed E-state index contributed by atoms with van der Waals surface area (Å²) in [6.07, 6.45) is -0.0899. The molecule has 0 saturated carbocycles. The first kappa shape index (κ1) is 18.9. The molecule has 3 rings (SSSR count). The zero-order chi connectivity index (χ0) is 19.6. The Morgan fingerprint density at radius 2 is 1.96 bits per heavy atom. The van der Waals surface area contributed by atoms with E-state index in [1.165, 1.54) is 13.1 Å². The highest BCUT2D eigenvalue weighted by Gasteiger charge is 2.72. The van der Waals surface area contributed by atoms with E-state index in [0.717, 1.165) is 11.8 Å². The van der Waals surface area contributed by atoms with Crippen LogP contribution in [-0.4, -0.2) is 58.1 Å². The lowest BCUT2D eigenvalue weighted by molar-refractivity contribution is -0.770. The van der Waals surface area contributed by atoms with Gasteiger partial charge in [0.1, 0.15) is 18.6 Å². The average Bonchev–Trinajstić information content (AvgIpc) is 3.00. The van der Waals surface area contributed by atoms with Crippen LogP contribution < -0.4 is 10.1 Å². The van der Waals surface area contributed by atoms with Crippen LogP contribution in [-0.2, 0) is 19.1 Å². The largest absolute Gasteiger partial charge is 0.527 e. The van der Waals surface area contributed by atoms with E-state index < -0.39 is 39.8 Å². The molecule has 2 unspecified atom stereocenters. The topological polar surface area (TPSA) is 119 Å². The molecule has 0 bridgehead atoms. The lowest BCUT2D eigenvalue weighted by Crippen LogP contribution is -2.78. The van der Waals surface area contributed by atoms with Crippen LogP contribution in [0.5, 0.6) is 5.75 Å². The van der Waals surface area contributed by atoms with Gasteiger partial charge in [-0.1, -0.05) is 30.0 Å². The highest BCUT2D eigenvalue weighted by atomic mass is 32.2. The number of para-hydroxylation sites is 1. The van der Waals surface area contributed by atoms with Gasteiger partial charge in [-0.05, 0) is 12.1 Å². The minimum Gasteiger partial charge on any atom is -0.484 e. The zero-order valence-corrected chi connectivity index (χ0v) is 15.1. The molecule has 3 atom stereocenters. The number of nitrogens with zero attached hydrogens (tertiary/aromatic N) is 1. The van der Waals surface area contributed by atoms with Gasteiger partial charge in [0.05, 0.1) is 4.91 Å². The third kappa shape index (κ3) is 3.53. The van der Waals surface area contributed by atoms with E-state index >= 15 is 0 Å². The number of carbonyl (C=O) groups is 4. The van der Waals surface area contributed by atoms with Crippen molar-refractivity contribution < 1.29 is 38.2 Å². The molecule has 2 aliphatic heterocycles. The molecule has 2 heterocycles. The molecule has 3 amide bonds. The van der Waals surface area contributed by atoms with Gasteiger partial charge in [-0.15, -0.1) is 4.48 Å². The van der Waals surface area contributed by atoms with E-state index in [1.807, 2.05) is 0 Å². The lowest BCUT2D eigenvalue weighted by Gasteiger charge is -2.42. The lowest BCUT2D eigenvalue weighted by atomic mass is 10.0. The number of thioether (sulfide) groups is 1. The SMILES string of the molecule is CC(=O)OCC1=C[N+]2(C(=O)O)C(=O)C(NC(=O)COc3ccccc3)[C@@H]2S1. The molecule has 1 aromatic carbocycles. The van der Waals surface area contributed by atoms with Crippen molar-refractivity contribution in [3.05, 3.63) is 41.4 Å². The number of β-lactam (4-membered cyclic amide) rings is 1. The van der Waals surface area contributed by atoms with Gasteiger partial charge in [0.2, 0.25) is 6.04 Å². The van der Waals surface area contributed by atoms with Gasteiger partial charge in [-0.3, -0.25) is 9.59 Å². The summed E-state index contributed by atoms with van der Waals surface area (Å²) in [5.74, 6) is -1.20. The van der Waals surface area contributed by atoms with E-state index in [9.17, 15) is 24.3 Å². The number of rotatable bonds is 6. The number of imide groups is 1. The third-order valence-electron chi connectivity index (χ3n) is 4.10. The number of carbonyl (C=O) groups excluding carboxylic acids is 3. The minimum absolute atomic E-state index is 0.116. The molecule has 0 spiro atoms. The Balaban J connectivity index is 1.62. The normalized spacial score (nSPS) is 25.7. The quantitative estimate of drug-likeness (QED) is 0.418. The molecule has 142 valence electrons. The number of hydrogen-bond acceptors (Lipinski definition) is 7. The Morgan fingerprint density at radius 3 is 2.59 bits per heavy atom. The fourth-order valence-electron chi connectivity index (χ4n) is 2.85. The highest BCUT2D eigenvalue weighted by Crippen LogP contribution is 2.48. The Bertz CT molecular complexity index is 826. The fourth-order valence-corrected chi connectivity index (χ4v) is 4.25. The molecule has 0 aromatic heterocycles. The van der Waals surface area contributed by atoms with Gasteiger partial charge < -0.3 is 19.9 Å². The molecule has 10 heteroatoms. The standard InChI is InChI=1S/C17H16N2O7S/c1-10(20)25-8-12-7-19(17(23)24)15(22)14(16(19)27-12)18-13(21)9-26-11-5-3-2-4-6-11/h2-7,14,16H,8-9H2,1H3,(H-,18,21,23,24)/p+1/t14?,16-,19?/m0/s1. The van der Waals surface area contributed by atoms with Crippen molar-refractivity contribution in [2.24, 2.45) is 0 Å². The number of esters is 1. The van der Waals surface area contributed by atoms with Gasteiger partial charge in [-0.2, -0.15) is 4.79 Å². The van der Waals surface area contributed by atoms with Crippen molar-refractivity contribution in [1.29, 1.82) is 0 Å². The molecule has 9 nitrogen and oxygen atoms in total. The maximum absolute atomic E-state index is 12.5. The third-order valence-corrected chi connectivity index (χ3v) is 5.47. The fraction of sp³-hybridized carbons (Fsp3) is 0.294. The second kappa shape index (κ2) is 7.41. The number of benzene rings is 1. The Labute approximate surface area is 158 Å². The molecule has 1 aromatic rings. The minimum atomic E-state index is -1.35. The molecule has 1 saturated heterocycles. The predicted molar refractivity (Wildman–Crippen MR) is 93.3 cm³/mol. The van der Waals surface area contributed by atoms with E-state index in [0.29, 0.717) is 10.7 Å². The maximum atomic E-state index is 12.5. The molecule has 2 N–H and O–H groups in total. The first-order chi connectivity index (χ1) is 12.8. The van der Waals surface area contributed by atoms with Crippen LogP contribution in [0.25, 0.3) is 0 Å². The first-order valence-corrected chi connectivity index (χ1v) is 8.88. The summed E-state index contributed by atoms with van der Waals surface area (Å²) in [5.41, 5.74) is 0. The molecule has 2 aliphatic rings. The Kier molecular flexibility index (Phi) is 5.19. The number of carboxylic acid groups (broad SMARTS) is 1. The summed E-state index contributed by atoms with van der Waals surface area (Å²) in [6.45, 7) is 0.818.